The normalized spacial score (nSPS) is 25.2. The van der Waals surface area contributed by atoms with Gasteiger partial charge in [-0.1, -0.05) is 72.6 Å². The van der Waals surface area contributed by atoms with Crippen LogP contribution in [0.2, 0.25) is 0 Å². The maximum Gasteiger partial charge on any atom is 0.315 e. The van der Waals surface area contributed by atoms with E-state index in [2.05, 4.69) is 16.0 Å². The highest BCUT2D eigenvalue weighted by Gasteiger charge is 2.46. The van der Waals surface area contributed by atoms with Gasteiger partial charge in [0, 0.05) is 25.9 Å². The number of primary amides is 1. The van der Waals surface area contributed by atoms with Gasteiger partial charge in [0.1, 0.15) is 12.3 Å². The van der Waals surface area contributed by atoms with Crippen LogP contribution in [0.4, 0.5) is 4.79 Å². The average molecular weight is 675 g/mol. The van der Waals surface area contributed by atoms with Gasteiger partial charge in [-0.2, -0.15) is 0 Å². The monoisotopic (exact) mass is 674 g/mol. The van der Waals surface area contributed by atoms with E-state index in [-0.39, 0.29) is 42.0 Å². The first-order valence-electron chi connectivity index (χ1n) is 18.2. The van der Waals surface area contributed by atoms with Gasteiger partial charge in [-0.3, -0.25) is 34.2 Å². The lowest BCUT2D eigenvalue weighted by Gasteiger charge is -2.39. The number of likely N-dealkylation sites (tertiary alicyclic amines) is 2. The first-order valence-corrected chi connectivity index (χ1v) is 18.2. The molecule has 48 heavy (non-hydrogen) atoms. The lowest BCUT2D eigenvalue weighted by molar-refractivity contribution is -0.148. The Morgan fingerprint density at radius 1 is 0.917 bits per heavy atom. The number of piperidine rings is 1. The van der Waals surface area contributed by atoms with Crippen molar-refractivity contribution in [2.75, 3.05) is 13.1 Å². The quantitative estimate of drug-likeness (QED) is 0.105. The second-order valence-corrected chi connectivity index (χ2v) is 15.6. The molecule has 0 aromatic rings. The number of ketones is 1. The highest BCUT2D eigenvalue weighted by molar-refractivity contribution is 6.37. The average Bonchev–Trinajstić information content (AvgIpc) is 3.46. The zero-order valence-electron chi connectivity index (χ0n) is 29.3. The molecule has 13 heteroatoms. The van der Waals surface area contributed by atoms with Crippen LogP contribution >= 0.6 is 0 Å². The largest absolute Gasteiger partial charge is 0.376 e. The molecule has 4 aliphatic rings. The van der Waals surface area contributed by atoms with Gasteiger partial charge in [0.05, 0.1) is 18.1 Å². The third kappa shape index (κ3) is 9.34. The molecule has 6 amide bonds. The van der Waals surface area contributed by atoms with E-state index in [0.717, 1.165) is 51.4 Å². The summed E-state index contributed by atoms with van der Waals surface area (Å²) in [5, 5.41) is 20.5. The Morgan fingerprint density at radius 3 is 2.10 bits per heavy atom. The van der Waals surface area contributed by atoms with Crippen LogP contribution in [0.25, 0.3) is 0 Å². The zero-order chi connectivity index (χ0) is 35.2. The molecule has 6 atom stereocenters. The van der Waals surface area contributed by atoms with Gasteiger partial charge in [0.15, 0.2) is 0 Å². The molecule has 0 radical (unpaired) electrons. The number of amides is 6. The lowest BCUT2D eigenvalue weighted by Crippen LogP contribution is -2.62. The van der Waals surface area contributed by atoms with E-state index in [4.69, 9.17) is 5.73 Å². The van der Waals surface area contributed by atoms with Crippen molar-refractivity contribution in [3.63, 3.8) is 0 Å². The number of aliphatic hydroxyl groups is 1. The van der Waals surface area contributed by atoms with E-state index < -0.39 is 53.5 Å². The molecule has 2 saturated heterocycles. The number of nitrogens with zero attached hydrogens (tertiary/aromatic N) is 2. The van der Waals surface area contributed by atoms with Gasteiger partial charge < -0.3 is 26.4 Å². The third-order valence-corrected chi connectivity index (χ3v) is 11.2. The van der Waals surface area contributed by atoms with E-state index in [1.807, 2.05) is 27.7 Å². The molecule has 0 aromatic carbocycles. The maximum absolute atomic E-state index is 14.5. The van der Waals surface area contributed by atoms with Gasteiger partial charge in [-0.15, -0.1) is 0 Å². The summed E-state index contributed by atoms with van der Waals surface area (Å²) in [5.74, 6) is -2.51. The fourth-order valence-electron chi connectivity index (χ4n) is 7.89. The summed E-state index contributed by atoms with van der Waals surface area (Å²) in [4.78, 5) is 80.9. The minimum absolute atomic E-state index is 0.0485. The zero-order valence-corrected chi connectivity index (χ0v) is 29.3. The number of hydrogen-bond acceptors (Lipinski definition) is 8. The van der Waals surface area contributed by atoms with Crippen molar-refractivity contribution in [2.45, 2.75) is 148 Å². The molecule has 2 unspecified atom stereocenters. The first kappa shape index (κ1) is 37.8. The van der Waals surface area contributed by atoms with E-state index in [1.165, 1.54) is 4.90 Å². The molecule has 2 heterocycles. The number of nitrogens with one attached hydrogen (secondary N) is 3. The highest BCUT2D eigenvalue weighted by Crippen LogP contribution is 2.35. The van der Waals surface area contributed by atoms with Crippen LogP contribution in [-0.4, -0.2) is 93.8 Å². The van der Waals surface area contributed by atoms with Crippen molar-refractivity contribution in [2.24, 2.45) is 28.9 Å². The first-order chi connectivity index (χ1) is 22.7. The van der Waals surface area contributed by atoms with Gasteiger partial charge >= 0.3 is 6.03 Å². The topological polar surface area (TPSA) is 191 Å². The van der Waals surface area contributed by atoms with Crippen molar-refractivity contribution in [3.8, 4) is 0 Å². The van der Waals surface area contributed by atoms with Gasteiger partial charge in [-0.25, -0.2) is 4.79 Å². The second-order valence-electron chi connectivity index (χ2n) is 15.6. The fraction of sp³-hybridized carbons (Fsp3) is 0.829. The summed E-state index contributed by atoms with van der Waals surface area (Å²) < 4.78 is 0. The van der Waals surface area contributed by atoms with E-state index in [1.54, 1.807) is 4.90 Å². The minimum atomic E-state index is -1.28. The molecule has 270 valence electrons. The molecule has 13 nitrogen and oxygen atoms in total. The number of Topliss-reactive ketones (excluding diaryl/α,β-unsaturated/α-hetero) is 1. The molecule has 4 rings (SSSR count). The fourth-order valence-corrected chi connectivity index (χ4v) is 7.89. The van der Waals surface area contributed by atoms with E-state index in [0.29, 0.717) is 45.1 Å². The summed E-state index contributed by atoms with van der Waals surface area (Å²) in [5.41, 5.74) is 4.87. The molecule has 6 N–H and O–H groups in total. The van der Waals surface area contributed by atoms with Crippen LogP contribution in [0.3, 0.4) is 0 Å². The number of urea groups is 1. The number of carbonyl (C=O) groups excluding carboxylic acids is 6. The predicted octanol–water partition coefficient (Wildman–Crippen LogP) is 2.34. The standard InChI is InChI=1S/C35H58N6O7/c1-5-22-17-18-40(29(22)32(46)37-24(30(44)31(36)45)19-21-11-9-12-21)33(47)28(23-13-7-6-8-14-23)39-34(48)38-25(35(2,3)4)20-41-26(42)15-10-16-27(41)43/h21-25,28-29,32,37,46H,5-20H2,1-4H3,(H2,36,45)(H2,38,39,48)/t22-,24?,25+,28-,29-,32?/m0/s1. The number of aliphatic hydroxyl groups excluding tert-OH is 1. The molecule has 4 fully saturated rings. The van der Waals surface area contributed by atoms with Crippen LogP contribution in [0.15, 0.2) is 0 Å². The van der Waals surface area contributed by atoms with Crippen molar-refractivity contribution < 1.29 is 33.9 Å². The summed E-state index contributed by atoms with van der Waals surface area (Å²) in [6.45, 7) is 8.20. The molecule has 0 aromatic heterocycles. The maximum atomic E-state index is 14.5. The highest BCUT2D eigenvalue weighted by atomic mass is 16.3. The molecular weight excluding hydrogens is 616 g/mol. The Labute approximate surface area is 284 Å². The van der Waals surface area contributed by atoms with Gasteiger partial charge in [0.25, 0.3) is 5.91 Å². The minimum Gasteiger partial charge on any atom is -0.376 e. The SMILES string of the molecule is CC[C@H]1CCN(C(=O)[C@@H](NC(=O)N[C@H](CN2C(=O)CCCC2=O)C(C)(C)C)C2CCCCC2)[C@@H]1C(O)NC(CC1CCC1)C(=O)C(N)=O. The Kier molecular flexibility index (Phi) is 13.0. The van der Waals surface area contributed by atoms with Gasteiger partial charge in [0.2, 0.25) is 23.5 Å². The van der Waals surface area contributed by atoms with Crippen LogP contribution in [0.1, 0.15) is 118 Å². The number of nitrogens with two attached hydrogens (primary N) is 1. The molecule has 2 aliphatic heterocycles. The second kappa shape index (κ2) is 16.6. The van der Waals surface area contributed by atoms with Crippen LogP contribution in [0, 0.1) is 23.2 Å². The summed E-state index contributed by atoms with van der Waals surface area (Å²) in [6, 6.07) is -3.57. The molecule has 2 saturated carbocycles. The molecule has 2 aliphatic carbocycles. The Hall–Kier alpha value is -3.06. The van der Waals surface area contributed by atoms with Crippen LogP contribution in [-0.2, 0) is 24.0 Å². The van der Waals surface area contributed by atoms with Crippen LogP contribution < -0.4 is 21.7 Å². The van der Waals surface area contributed by atoms with E-state index in [9.17, 15) is 33.9 Å². The van der Waals surface area contributed by atoms with E-state index >= 15 is 0 Å². The molecular formula is C35H58N6O7. The van der Waals surface area contributed by atoms with Crippen molar-refractivity contribution >= 4 is 35.4 Å². The molecule has 0 spiro atoms. The Morgan fingerprint density at radius 2 is 1.56 bits per heavy atom. The van der Waals surface area contributed by atoms with Crippen molar-refractivity contribution in [1.29, 1.82) is 0 Å². The van der Waals surface area contributed by atoms with Crippen molar-refractivity contribution in [1.82, 2.24) is 25.8 Å². The number of hydrogen-bond donors (Lipinski definition) is 5. The number of imide groups is 1. The van der Waals surface area contributed by atoms with Crippen molar-refractivity contribution in [3.05, 3.63) is 0 Å². The summed E-state index contributed by atoms with van der Waals surface area (Å²) >= 11 is 0. The Balaban J connectivity index is 1.53. The number of rotatable bonds is 14. The lowest BCUT2D eigenvalue weighted by atomic mass is 9.80. The predicted molar refractivity (Wildman–Crippen MR) is 179 cm³/mol. The molecule has 0 bridgehead atoms. The third-order valence-electron chi connectivity index (χ3n) is 11.2. The summed E-state index contributed by atoms with van der Waals surface area (Å²) in [7, 11) is 0. The van der Waals surface area contributed by atoms with Gasteiger partial charge in [-0.05, 0) is 55.3 Å². The number of carbonyl (C=O) groups is 6. The Bertz CT molecular complexity index is 1180. The van der Waals surface area contributed by atoms with Crippen LogP contribution in [0.5, 0.6) is 0 Å². The summed E-state index contributed by atoms with van der Waals surface area (Å²) in [6.07, 6.45) is 8.98. The smallest absolute Gasteiger partial charge is 0.315 e.